The molecule has 0 saturated heterocycles. The van der Waals surface area contributed by atoms with Crippen molar-refractivity contribution in [1.82, 2.24) is 10.3 Å². The Morgan fingerprint density at radius 2 is 2.11 bits per heavy atom. The van der Waals surface area contributed by atoms with Crippen LogP contribution in [-0.2, 0) is 6.54 Å². The van der Waals surface area contributed by atoms with Crippen LogP contribution < -0.4 is 5.32 Å². The van der Waals surface area contributed by atoms with Crippen LogP contribution >= 0.6 is 0 Å². The summed E-state index contributed by atoms with van der Waals surface area (Å²) >= 11 is 0. The van der Waals surface area contributed by atoms with Crippen molar-refractivity contribution in [2.24, 2.45) is 0 Å². The maximum absolute atomic E-state index is 11.8. The third-order valence-electron chi connectivity index (χ3n) is 2.19. The van der Waals surface area contributed by atoms with E-state index in [-0.39, 0.29) is 18.5 Å². The number of carboxylic acids is 1. The van der Waals surface area contributed by atoms with Gasteiger partial charge in [0, 0.05) is 19.2 Å². The molecule has 0 atom stereocenters. The number of rotatable bonds is 6. The van der Waals surface area contributed by atoms with Crippen LogP contribution in [0, 0.1) is 0 Å². The van der Waals surface area contributed by atoms with E-state index in [9.17, 15) is 18.0 Å². The lowest BCUT2D eigenvalue weighted by molar-refractivity contribution is -0.135. The molecule has 2 N–H and O–H groups in total. The second kappa shape index (κ2) is 6.34. The molecule has 0 spiro atoms. The van der Waals surface area contributed by atoms with Gasteiger partial charge in [0.05, 0.1) is 11.3 Å². The highest BCUT2D eigenvalue weighted by molar-refractivity contribution is 5.87. The fourth-order valence-electron chi connectivity index (χ4n) is 1.29. The largest absolute Gasteiger partial charge is 0.478 e. The van der Waals surface area contributed by atoms with E-state index in [0.29, 0.717) is 12.2 Å². The third kappa shape index (κ3) is 5.62. The number of halogens is 3. The van der Waals surface area contributed by atoms with Crippen molar-refractivity contribution in [3.05, 3.63) is 29.6 Å². The minimum absolute atomic E-state index is 0.0106. The van der Waals surface area contributed by atoms with E-state index in [1.807, 2.05) is 0 Å². The van der Waals surface area contributed by atoms with Crippen LogP contribution in [0.3, 0.4) is 0 Å². The number of alkyl halides is 3. The molecule has 0 aliphatic heterocycles. The van der Waals surface area contributed by atoms with Crippen LogP contribution in [0.1, 0.15) is 28.9 Å². The highest BCUT2D eigenvalue weighted by Crippen LogP contribution is 2.20. The second-order valence-electron chi connectivity index (χ2n) is 3.74. The van der Waals surface area contributed by atoms with E-state index in [1.54, 1.807) is 0 Å². The first-order chi connectivity index (χ1) is 8.38. The Kier molecular flexibility index (Phi) is 5.08. The summed E-state index contributed by atoms with van der Waals surface area (Å²) in [5, 5.41) is 11.4. The molecule has 0 saturated carbocycles. The predicted octanol–water partition coefficient (Wildman–Crippen LogP) is 2.21. The zero-order valence-corrected chi connectivity index (χ0v) is 9.50. The average molecular weight is 262 g/mol. The molecular weight excluding hydrogens is 249 g/mol. The number of hydrogen-bond acceptors (Lipinski definition) is 3. The Hall–Kier alpha value is -1.63. The first-order valence-electron chi connectivity index (χ1n) is 5.34. The molecule has 0 radical (unpaired) electrons. The molecule has 0 amide bonds. The standard InChI is InChI=1S/C11H13F3N2O2/c12-11(13,14)4-1-5-15-7-9-3-2-8(6-16-9)10(17)18/h2-3,6,15H,1,4-5,7H2,(H,17,18). The number of aromatic carboxylic acids is 1. The van der Waals surface area contributed by atoms with Gasteiger partial charge in [0.15, 0.2) is 0 Å². The molecule has 0 aliphatic carbocycles. The Balaban J connectivity index is 2.25. The Bertz CT molecular complexity index is 390. The van der Waals surface area contributed by atoms with Crippen molar-refractivity contribution in [3.63, 3.8) is 0 Å². The highest BCUT2D eigenvalue weighted by Gasteiger charge is 2.25. The number of pyridine rings is 1. The van der Waals surface area contributed by atoms with Gasteiger partial charge < -0.3 is 10.4 Å². The van der Waals surface area contributed by atoms with Crippen LogP contribution in [0.2, 0.25) is 0 Å². The lowest BCUT2D eigenvalue weighted by Gasteiger charge is -2.07. The summed E-state index contributed by atoms with van der Waals surface area (Å²) in [6.07, 6.45) is -3.71. The van der Waals surface area contributed by atoms with E-state index in [0.717, 1.165) is 0 Å². The van der Waals surface area contributed by atoms with Crippen LogP contribution in [0.25, 0.3) is 0 Å². The summed E-state index contributed by atoms with van der Waals surface area (Å²) in [5.74, 6) is -1.06. The Morgan fingerprint density at radius 1 is 1.39 bits per heavy atom. The molecule has 1 aromatic heterocycles. The van der Waals surface area contributed by atoms with Crippen LogP contribution in [0.5, 0.6) is 0 Å². The molecule has 1 heterocycles. The fourth-order valence-corrected chi connectivity index (χ4v) is 1.29. The van der Waals surface area contributed by atoms with Crippen LogP contribution in [0.4, 0.5) is 13.2 Å². The van der Waals surface area contributed by atoms with Crippen molar-refractivity contribution in [3.8, 4) is 0 Å². The van der Waals surface area contributed by atoms with Crippen molar-refractivity contribution < 1.29 is 23.1 Å². The molecule has 0 bridgehead atoms. The lowest BCUT2D eigenvalue weighted by Crippen LogP contribution is -2.18. The summed E-state index contributed by atoms with van der Waals surface area (Å²) in [6.45, 7) is 0.555. The maximum Gasteiger partial charge on any atom is 0.389 e. The molecule has 0 fully saturated rings. The molecule has 18 heavy (non-hydrogen) atoms. The summed E-state index contributed by atoms with van der Waals surface area (Å²) in [6, 6.07) is 2.93. The molecule has 7 heteroatoms. The topological polar surface area (TPSA) is 62.2 Å². The number of nitrogens with one attached hydrogen (secondary N) is 1. The number of carbonyl (C=O) groups is 1. The van der Waals surface area contributed by atoms with Crippen molar-refractivity contribution in [2.75, 3.05) is 6.54 Å². The van der Waals surface area contributed by atoms with E-state index in [2.05, 4.69) is 10.3 Å². The van der Waals surface area contributed by atoms with Gasteiger partial charge in [-0.2, -0.15) is 13.2 Å². The van der Waals surface area contributed by atoms with Crippen LogP contribution in [-0.4, -0.2) is 28.8 Å². The second-order valence-corrected chi connectivity index (χ2v) is 3.74. The summed E-state index contributed by atoms with van der Waals surface area (Å²) in [5.41, 5.74) is 0.669. The summed E-state index contributed by atoms with van der Waals surface area (Å²) < 4.78 is 35.5. The van der Waals surface area contributed by atoms with Crippen molar-refractivity contribution >= 4 is 5.97 Å². The fraction of sp³-hybridized carbons (Fsp3) is 0.455. The van der Waals surface area contributed by atoms with Crippen molar-refractivity contribution in [1.29, 1.82) is 0 Å². The number of nitrogens with zero attached hydrogens (tertiary/aromatic N) is 1. The Morgan fingerprint density at radius 3 is 2.61 bits per heavy atom. The Labute approximate surface area is 102 Å². The van der Waals surface area contributed by atoms with Gasteiger partial charge in [-0.3, -0.25) is 4.98 Å². The first kappa shape index (κ1) is 14.4. The average Bonchev–Trinajstić information content (AvgIpc) is 2.27. The highest BCUT2D eigenvalue weighted by atomic mass is 19.4. The van der Waals surface area contributed by atoms with Crippen molar-refractivity contribution in [2.45, 2.75) is 25.6 Å². The molecule has 0 aliphatic rings. The minimum Gasteiger partial charge on any atom is -0.478 e. The summed E-state index contributed by atoms with van der Waals surface area (Å²) in [7, 11) is 0. The van der Waals surface area contributed by atoms with Gasteiger partial charge in [-0.25, -0.2) is 4.79 Å². The van der Waals surface area contributed by atoms with Gasteiger partial charge in [0.2, 0.25) is 0 Å². The van der Waals surface area contributed by atoms with Gasteiger partial charge in [0.25, 0.3) is 0 Å². The smallest absolute Gasteiger partial charge is 0.389 e. The van der Waals surface area contributed by atoms with Gasteiger partial charge in [-0.15, -0.1) is 0 Å². The number of aromatic nitrogens is 1. The zero-order valence-electron chi connectivity index (χ0n) is 9.50. The zero-order chi connectivity index (χ0) is 13.6. The maximum atomic E-state index is 11.8. The monoisotopic (exact) mass is 262 g/mol. The molecule has 1 aromatic rings. The van der Waals surface area contributed by atoms with E-state index < -0.39 is 18.6 Å². The number of carboxylic acid groups (broad SMARTS) is 1. The molecule has 1 rings (SSSR count). The summed E-state index contributed by atoms with van der Waals surface area (Å²) in [4.78, 5) is 14.4. The predicted molar refractivity (Wildman–Crippen MR) is 58.2 cm³/mol. The third-order valence-corrected chi connectivity index (χ3v) is 2.19. The van der Waals surface area contributed by atoms with E-state index in [4.69, 9.17) is 5.11 Å². The van der Waals surface area contributed by atoms with Gasteiger partial charge in [-0.05, 0) is 25.1 Å². The SMILES string of the molecule is O=C(O)c1ccc(CNCCCC(F)(F)F)nc1. The first-order valence-corrected chi connectivity index (χ1v) is 5.34. The van der Waals surface area contributed by atoms with Gasteiger partial charge in [-0.1, -0.05) is 0 Å². The molecule has 4 nitrogen and oxygen atoms in total. The lowest BCUT2D eigenvalue weighted by atomic mass is 10.2. The molecular formula is C11H13F3N2O2. The molecule has 0 unspecified atom stereocenters. The normalized spacial score (nSPS) is 11.5. The van der Waals surface area contributed by atoms with E-state index >= 15 is 0 Å². The van der Waals surface area contributed by atoms with E-state index in [1.165, 1.54) is 18.3 Å². The quantitative estimate of drug-likeness (QED) is 0.771. The van der Waals surface area contributed by atoms with Crippen LogP contribution in [0.15, 0.2) is 18.3 Å². The number of hydrogen-bond donors (Lipinski definition) is 2. The molecule has 0 aromatic carbocycles. The molecule has 100 valence electrons. The van der Waals surface area contributed by atoms with Gasteiger partial charge >= 0.3 is 12.1 Å². The minimum atomic E-state index is -4.12. The van der Waals surface area contributed by atoms with Gasteiger partial charge in [0.1, 0.15) is 0 Å².